The molecule has 57 heavy (non-hydrogen) atoms. The van der Waals surface area contributed by atoms with Gasteiger partial charge in [0.05, 0.1) is 0 Å². The molecule has 0 aliphatic rings. The van der Waals surface area contributed by atoms with Gasteiger partial charge in [-0.15, -0.1) is 34.0 Å². The second-order valence-corrected chi connectivity index (χ2v) is 17.4. The third-order valence-corrected chi connectivity index (χ3v) is 14.6. The molecule has 3 nitrogen and oxygen atoms in total. The van der Waals surface area contributed by atoms with Crippen molar-refractivity contribution >= 4 is 94.5 Å². The van der Waals surface area contributed by atoms with E-state index in [1.54, 1.807) is 0 Å². The van der Waals surface area contributed by atoms with Crippen LogP contribution in [0.3, 0.4) is 0 Å². The fraction of sp³-hybridized carbons (Fsp3) is 0. The van der Waals surface area contributed by atoms with Crippen LogP contribution in [0, 0.1) is 0 Å². The maximum absolute atomic E-state index is 5.13. The quantitative estimate of drug-likeness (QED) is 0.175. The van der Waals surface area contributed by atoms with Gasteiger partial charge in [-0.25, -0.2) is 15.0 Å². The first-order valence-electron chi connectivity index (χ1n) is 18.9. The molecule has 0 saturated heterocycles. The Labute approximate surface area is 339 Å². The van der Waals surface area contributed by atoms with E-state index in [0.717, 1.165) is 16.7 Å². The third kappa shape index (κ3) is 5.26. The molecule has 12 aromatic rings. The average molecular weight is 780 g/mol. The molecular weight excluding hydrogens is 751 g/mol. The number of hydrogen-bond donors (Lipinski definition) is 0. The monoisotopic (exact) mass is 779 g/mol. The number of nitrogens with zero attached hydrogens (tertiary/aromatic N) is 3. The summed E-state index contributed by atoms with van der Waals surface area (Å²) in [7, 11) is 0. The van der Waals surface area contributed by atoms with Crippen molar-refractivity contribution in [2.24, 2.45) is 0 Å². The van der Waals surface area contributed by atoms with Gasteiger partial charge in [-0.3, -0.25) is 0 Å². The van der Waals surface area contributed by atoms with Crippen molar-refractivity contribution in [2.45, 2.75) is 0 Å². The zero-order valence-electron chi connectivity index (χ0n) is 30.3. The first kappa shape index (κ1) is 32.7. The van der Waals surface area contributed by atoms with Gasteiger partial charge in [0.2, 0.25) is 0 Å². The van der Waals surface area contributed by atoms with Gasteiger partial charge in [0, 0.05) is 88.3 Å². The van der Waals surface area contributed by atoms with Crippen LogP contribution in [0.2, 0.25) is 0 Å². The van der Waals surface area contributed by atoms with Crippen LogP contribution >= 0.6 is 34.0 Å². The molecule has 4 aromatic heterocycles. The van der Waals surface area contributed by atoms with Crippen molar-refractivity contribution in [1.29, 1.82) is 0 Å². The van der Waals surface area contributed by atoms with Crippen molar-refractivity contribution in [1.82, 2.24) is 15.0 Å². The number of aromatic nitrogens is 3. The van der Waals surface area contributed by atoms with Crippen LogP contribution in [-0.2, 0) is 0 Å². The van der Waals surface area contributed by atoms with Crippen LogP contribution in [-0.4, -0.2) is 15.0 Å². The summed E-state index contributed by atoms with van der Waals surface area (Å²) >= 11 is 5.62. The number of benzene rings is 8. The van der Waals surface area contributed by atoms with Gasteiger partial charge in [-0.2, -0.15) is 0 Å². The van der Waals surface area contributed by atoms with Crippen LogP contribution < -0.4 is 0 Å². The molecule has 0 aliphatic heterocycles. The molecule has 0 radical (unpaired) electrons. The van der Waals surface area contributed by atoms with Crippen LogP contribution in [0.15, 0.2) is 176 Å². The van der Waals surface area contributed by atoms with E-state index < -0.39 is 0 Å². The summed E-state index contributed by atoms with van der Waals surface area (Å²) in [5.41, 5.74) is 7.97. The summed E-state index contributed by atoms with van der Waals surface area (Å²) in [6, 6.07) is 63.0. The summed E-state index contributed by atoms with van der Waals surface area (Å²) in [5, 5.41) is 7.63. The van der Waals surface area contributed by atoms with Gasteiger partial charge in [-0.1, -0.05) is 152 Å². The number of thiophene rings is 3. The van der Waals surface area contributed by atoms with Crippen LogP contribution in [0.5, 0.6) is 0 Å². The Morgan fingerprint density at radius 1 is 0.281 bits per heavy atom. The predicted molar refractivity (Wildman–Crippen MR) is 246 cm³/mol. The lowest BCUT2D eigenvalue weighted by molar-refractivity contribution is 1.08. The second kappa shape index (κ2) is 13.0. The molecule has 0 aliphatic carbocycles. The van der Waals surface area contributed by atoms with Gasteiger partial charge in [0.1, 0.15) is 0 Å². The molecular formula is C51H29N3S3. The highest BCUT2D eigenvalue weighted by atomic mass is 32.1. The Balaban J connectivity index is 1.04. The minimum atomic E-state index is 0.663. The first-order valence-corrected chi connectivity index (χ1v) is 21.4. The lowest BCUT2D eigenvalue weighted by atomic mass is 9.98. The molecule has 0 atom stereocenters. The van der Waals surface area contributed by atoms with Crippen LogP contribution in [0.4, 0.5) is 0 Å². The fourth-order valence-corrected chi connectivity index (χ4v) is 12.0. The predicted octanol–water partition coefficient (Wildman–Crippen LogP) is 15.3. The summed E-state index contributed by atoms with van der Waals surface area (Å²) in [6.45, 7) is 0. The molecule has 0 amide bonds. The van der Waals surface area contributed by atoms with Gasteiger partial charge in [0.25, 0.3) is 0 Å². The maximum Gasteiger partial charge on any atom is 0.164 e. The molecule has 12 rings (SSSR count). The summed E-state index contributed by atoms with van der Waals surface area (Å²) in [5.74, 6) is 2.00. The molecule has 6 heteroatoms. The van der Waals surface area contributed by atoms with Crippen molar-refractivity contribution in [2.75, 3.05) is 0 Å². The minimum Gasteiger partial charge on any atom is -0.208 e. The molecule has 0 fully saturated rings. The van der Waals surface area contributed by atoms with Crippen molar-refractivity contribution < 1.29 is 0 Å². The molecule has 0 unspecified atom stereocenters. The summed E-state index contributed by atoms with van der Waals surface area (Å²) < 4.78 is 7.77. The number of rotatable bonds is 5. The standard InChI is InChI=1S/C51H29N3S3/c1-3-13-30(14-4-1)49-52-50(31-15-5-2-6-16-31)54-51(53-49)40-24-12-26-44-45(40)39-23-11-22-38(48(39)56-44)37-21-10-20-36-35-19-9-18-33(46(35)57-47(36)37)32-27-28-43-41(29-32)34-17-7-8-25-42(34)55-43/h1-29H. The molecule has 8 aromatic carbocycles. The highest BCUT2D eigenvalue weighted by Crippen LogP contribution is 2.49. The first-order chi connectivity index (χ1) is 28.2. The van der Waals surface area contributed by atoms with E-state index in [4.69, 9.17) is 15.0 Å². The van der Waals surface area contributed by atoms with E-state index in [1.165, 1.54) is 82.8 Å². The molecule has 0 saturated carbocycles. The lowest BCUT2D eigenvalue weighted by Gasteiger charge is -2.10. The van der Waals surface area contributed by atoms with Crippen LogP contribution in [0.1, 0.15) is 0 Å². The smallest absolute Gasteiger partial charge is 0.164 e. The van der Waals surface area contributed by atoms with Gasteiger partial charge >= 0.3 is 0 Å². The second-order valence-electron chi connectivity index (χ2n) is 14.3. The Morgan fingerprint density at radius 2 is 0.789 bits per heavy atom. The van der Waals surface area contributed by atoms with Gasteiger partial charge in [-0.05, 0) is 35.4 Å². The highest BCUT2D eigenvalue weighted by molar-refractivity contribution is 7.28. The zero-order chi connectivity index (χ0) is 37.5. The Bertz CT molecular complexity index is 3470. The van der Waals surface area contributed by atoms with E-state index in [2.05, 4.69) is 140 Å². The average Bonchev–Trinajstić information content (AvgIpc) is 3.98. The van der Waals surface area contributed by atoms with Crippen molar-refractivity contribution in [3.8, 4) is 56.4 Å². The van der Waals surface area contributed by atoms with Crippen LogP contribution in [0.25, 0.3) is 117 Å². The van der Waals surface area contributed by atoms with E-state index in [9.17, 15) is 0 Å². The lowest BCUT2D eigenvalue weighted by Crippen LogP contribution is -2.00. The largest absolute Gasteiger partial charge is 0.208 e. The normalized spacial score (nSPS) is 11.9. The molecule has 0 N–H and O–H groups in total. The van der Waals surface area contributed by atoms with Crippen molar-refractivity contribution in [3.05, 3.63) is 176 Å². The number of hydrogen-bond acceptors (Lipinski definition) is 6. The summed E-state index contributed by atoms with van der Waals surface area (Å²) in [6.07, 6.45) is 0. The maximum atomic E-state index is 5.13. The molecule has 266 valence electrons. The topological polar surface area (TPSA) is 38.7 Å². The Morgan fingerprint density at radius 3 is 1.51 bits per heavy atom. The van der Waals surface area contributed by atoms with Crippen molar-refractivity contribution in [3.63, 3.8) is 0 Å². The molecule has 0 bridgehead atoms. The Hall–Kier alpha value is -6.57. The molecule has 0 spiro atoms. The number of fused-ring (bicyclic) bond motifs is 9. The SMILES string of the molecule is c1ccc(-c2nc(-c3ccccc3)nc(-c3cccc4sc5c(-c6cccc7c6sc6c(-c8ccc9sc%10ccccc%10c9c8)cccc67)cccc5c34)n2)cc1. The van der Waals surface area contributed by atoms with E-state index in [-0.39, 0.29) is 0 Å². The minimum absolute atomic E-state index is 0.663. The zero-order valence-corrected chi connectivity index (χ0v) is 32.8. The van der Waals surface area contributed by atoms with Gasteiger partial charge < -0.3 is 0 Å². The molecule has 4 heterocycles. The third-order valence-electron chi connectivity index (χ3n) is 11.0. The summed E-state index contributed by atoms with van der Waals surface area (Å²) in [4.78, 5) is 15.2. The highest BCUT2D eigenvalue weighted by Gasteiger charge is 2.20. The van der Waals surface area contributed by atoms with E-state index in [1.807, 2.05) is 70.4 Å². The fourth-order valence-electron chi connectivity index (χ4n) is 8.33. The Kier molecular flexibility index (Phi) is 7.45. The van der Waals surface area contributed by atoms with Gasteiger partial charge in [0.15, 0.2) is 17.5 Å². The van der Waals surface area contributed by atoms with E-state index in [0.29, 0.717) is 17.5 Å². The van der Waals surface area contributed by atoms with E-state index >= 15 is 0 Å².